The minimum Gasteiger partial charge on any atom is -0.337 e. The lowest BCUT2D eigenvalue weighted by atomic mass is 9.90. The number of thioether (sulfide) groups is 1. The number of aromatic nitrogens is 2. The Kier molecular flexibility index (Phi) is 7.22. The summed E-state index contributed by atoms with van der Waals surface area (Å²) < 4.78 is 0.703. The number of carbonyl (C=O) groups excluding carboxylic acids is 1. The Bertz CT molecular complexity index is 810. The zero-order valence-electron chi connectivity index (χ0n) is 16.2. The molecule has 0 aliphatic heterocycles. The first-order chi connectivity index (χ1) is 12.7. The van der Waals surface area contributed by atoms with Gasteiger partial charge in [0.25, 0.3) is 0 Å². The molecule has 1 aromatic carbocycles. The van der Waals surface area contributed by atoms with Crippen molar-refractivity contribution < 1.29 is 4.79 Å². The summed E-state index contributed by atoms with van der Waals surface area (Å²) in [7, 11) is 0. The molecule has 0 aliphatic carbocycles. The van der Waals surface area contributed by atoms with Crippen LogP contribution in [-0.4, -0.2) is 27.4 Å². The fourth-order valence-electron chi connectivity index (χ4n) is 2.15. The van der Waals surface area contributed by atoms with E-state index < -0.39 is 5.54 Å². The molecule has 1 atom stereocenters. The van der Waals surface area contributed by atoms with Crippen LogP contribution in [0.2, 0.25) is 0 Å². The Morgan fingerprint density at radius 3 is 2.48 bits per heavy atom. The highest BCUT2D eigenvalue weighted by Crippen LogP contribution is 2.28. The topological polar surface area (TPSA) is 90.7 Å². The maximum atomic E-state index is 12.1. The van der Waals surface area contributed by atoms with Gasteiger partial charge in [-0.15, -0.1) is 10.2 Å². The van der Waals surface area contributed by atoms with Crippen molar-refractivity contribution in [3.8, 4) is 6.07 Å². The molecule has 1 amide bonds. The van der Waals surface area contributed by atoms with E-state index >= 15 is 0 Å². The smallest absolute Gasteiger partial charge is 0.231 e. The zero-order chi connectivity index (χ0) is 20.0. The summed E-state index contributed by atoms with van der Waals surface area (Å²) in [5, 5.41) is 24.2. The quantitative estimate of drug-likeness (QED) is 0.628. The van der Waals surface area contributed by atoms with Crippen molar-refractivity contribution in [3.63, 3.8) is 0 Å². The van der Waals surface area contributed by atoms with Gasteiger partial charge in [0, 0.05) is 5.69 Å². The van der Waals surface area contributed by atoms with Gasteiger partial charge in [-0.05, 0) is 36.5 Å². The first kappa shape index (κ1) is 21.2. The van der Waals surface area contributed by atoms with Gasteiger partial charge in [-0.25, -0.2) is 0 Å². The molecule has 0 radical (unpaired) electrons. The third-order valence-corrected chi connectivity index (χ3v) is 6.32. The van der Waals surface area contributed by atoms with E-state index in [1.807, 2.05) is 26.0 Å². The molecular weight excluding hydrogens is 378 g/mol. The average Bonchev–Trinajstić information content (AvgIpc) is 3.07. The lowest BCUT2D eigenvalue weighted by Gasteiger charge is -2.27. The molecular formula is C19H25N5OS2. The fraction of sp³-hybridized carbons (Fsp3) is 0.474. The molecule has 0 saturated carbocycles. The van der Waals surface area contributed by atoms with E-state index in [1.165, 1.54) is 28.7 Å². The van der Waals surface area contributed by atoms with Gasteiger partial charge >= 0.3 is 0 Å². The highest BCUT2D eigenvalue weighted by Gasteiger charge is 2.29. The third kappa shape index (κ3) is 5.94. The van der Waals surface area contributed by atoms with Crippen LogP contribution in [0.15, 0.2) is 28.6 Å². The zero-order valence-corrected chi connectivity index (χ0v) is 17.9. The summed E-state index contributed by atoms with van der Waals surface area (Å²) in [6.45, 7) is 9.87. The molecule has 6 nitrogen and oxygen atoms in total. The van der Waals surface area contributed by atoms with Crippen LogP contribution in [0.3, 0.4) is 0 Å². The van der Waals surface area contributed by atoms with Crippen molar-refractivity contribution in [2.75, 3.05) is 11.1 Å². The molecule has 27 heavy (non-hydrogen) atoms. The maximum Gasteiger partial charge on any atom is 0.231 e. The number of hydrogen-bond donors (Lipinski definition) is 2. The summed E-state index contributed by atoms with van der Waals surface area (Å²) in [5.41, 5.74) is 1.37. The molecule has 0 saturated heterocycles. The minimum absolute atomic E-state index is 0.0240. The van der Waals surface area contributed by atoms with Crippen LogP contribution in [0.5, 0.6) is 0 Å². The Labute approximate surface area is 168 Å². The number of amides is 1. The van der Waals surface area contributed by atoms with Gasteiger partial charge in [-0.1, -0.05) is 62.9 Å². The number of rotatable bonds is 8. The van der Waals surface area contributed by atoms with Crippen LogP contribution in [0.25, 0.3) is 0 Å². The Balaban J connectivity index is 1.89. The Morgan fingerprint density at radius 2 is 1.93 bits per heavy atom. The fourth-order valence-corrected chi connectivity index (χ4v) is 3.72. The highest BCUT2D eigenvalue weighted by molar-refractivity contribution is 8.01. The van der Waals surface area contributed by atoms with Gasteiger partial charge in [0.2, 0.25) is 11.0 Å². The summed E-state index contributed by atoms with van der Waals surface area (Å²) >= 11 is 2.71. The molecule has 1 aromatic heterocycles. The molecule has 2 N–H and O–H groups in total. The van der Waals surface area contributed by atoms with Gasteiger partial charge in [0.1, 0.15) is 5.54 Å². The molecule has 1 heterocycles. The van der Waals surface area contributed by atoms with Crippen LogP contribution in [0, 0.1) is 17.2 Å². The first-order valence-corrected chi connectivity index (χ1v) is 10.6. The molecule has 2 aromatic rings. The van der Waals surface area contributed by atoms with E-state index in [-0.39, 0.29) is 17.6 Å². The summed E-state index contributed by atoms with van der Waals surface area (Å²) in [6.07, 6.45) is 0. The number of anilines is 2. The van der Waals surface area contributed by atoms with E-state index in [9.17, 15) is 10.1 Å². The second-order valence-corrected chi connectivity index (χ2v) is 9.28. The van der Waals surface area contributed by atoms with Crippen molar-refractivity contribution in [1.82, 2.24) is 15.5 Å². The standard InChI is InChI=1S/C19H25N5OS2/c1-12(2)14-6-8-15(9-7-14)21-17-23-24-18(27-17)26-10-16(25)22-19(5,11-20)13(3)4/h6-9,12-13H,10H2,1-5H3,(H,21,23)(H,22,25). The second-order valence-electron chi connectivity index (χ2n) is 7.08. The maximum absolute atomic E-state index is 12.1. The predicted octanol–water partition coefficient (Wildman–Crippen LogP) is 4.55. The number of nitrogens with one attached hydrogen (secondary N) is 2. The normalized spacial score (nSPS) is 13.3. The lowest BCUT2D eigenvalue weighted by molar-refractivity contribution is -0.120. The number of carbonyl (C=O) groups is 1. The van der Waals surface area contributed by atoms with Crippen molar-refractivity contribution >= 4 is 39.8 Å². The number of benzene rings is 1. The van der Waals surface area contributed by atoms with Crippen LogP contribution < -0.4 is 10.6 Å². The largest absolute Gasteiger partial charge is 0.337 e. The van der Waals surface area contributed by atoms with Crippen molar-refractivity contribution in [3.05, 3.63) is 29.8 Å². The van der Waals surface area contributed by atoms with Gasteiger partial charge in [0.05, 0.1) is 11.8 Å². The first-order valence-electron chi connectivity index (χ1n) is 8.79. The SMILES string of the molecule is CC(C)c1ccc(Nc2nnc(SCC(=O)NC(C)(C#N)C(C)C)s2)cc1. The molecule has 0 aliphatic rings. The van der Waals surface area contributed by atoms with Crippen LogP contribution >= 0.6 is 23.1 Å². The monoisotopic (exact) mass is 403 g/mol. The average molecular weight is 404 g/mol. The van der Waals surface area contributed by atoms with Crippen LogP contribution in [0.1, 0.15) is 46.1 Å². The van der Waals surface area contributed by atoms with Gasteiger partial charge in [-0.3, -0.25) is 4.79 Å². The summed E-state index contributed by atoms with van der Waals surface area (Å²) in [5.74, 6) is 0.526. The molecule has 0 spiro atoms. The van der Waals surface area contributed by atoms with E-state index in [2.05, 4.69) is 52.9 Å². The van der Waals surface area contributed by atoms with Crippen molar-refractivity contribution in [2.45, 2.75) is 50.4 Å². The van der Waals surface area contributed by atoms with E-state index in [1.54, 1.807) is 6.92 Å². The Hall–Kier alpha value is -2.11. The van der Waals surface area contributed by atoms with Crippen LogP contribution in [0.4, 0.5) is 10.8 Å². The molecule has 8 heteroatoms. The van der Waals surface area contributed by atoms with Gasteiger partial charge < -0.3 is 10.6 Å². The molecule has 1 unspecified atom stereocenters. The summed E-state index contributed by atoms with van der Waals surface area (Å²) in [4.78, 5) is 12.1. The van der Waals surface area contributed by atoms with Gasteiger partial charge in [0.15, 0.2) is 4.34 Å². The number of nitriles is 1. The predicted molar refractivity (Wildman–Crippen MR) is 111 cm³/mol. The number of hydrogen-bond acceptors (Lipinski definition) is 7. The van der Waals surface area contributed by atoms with Crippen LogP contribution in [-0.2, 0) is 4.79 Å². The van der Waals surface area contributed by atoms with Gasteiger partial charge in [-0.2, -0.15) is 5.26 Å². The van der Waals surface area contributed by atoms with Crippen molar-refractivity contribution in [2.24, 2.45) is 5.92 Å². The van der Waals surface area contributed by atoms with E-state index in [4.69, 9.17) is 0 Å². The van der Waals surface area contributed by atoms with E-state index in [0.717, 1.165) is 5.69 Å². The molecule has 144 valence electrons. The van der Waals surface area contributed by atoms with Crippen molar-refractivity contribution in [1.29, 1.82) is 5.26 Å². The summed E-state index contributed by atoms with van der Waals surface area (Å²) in [6, 6.07) is 10.4. The molecule has 2 rings (SSSR count). The third-order valence-electron chi connectivity index (χ3n) is 4.35. The van der Waals surface area contributed by atoms with E-state index in [0.29, 0.717) is 15.4 Å². The lowest BCUT2D eigenvalue weighted by Crippen LogP contribution is -2.49. The molecule has 0 bridgehead atoms. The highest BCUT2D eigenvalue weighted by atomic mass is 32.2. The number of nitrogens with zero attached hydrogens (tertiary/aromatic N) is 3. The Morgan fingerprint density at radius 1 is 1.26 bits per heavy atom. The molecule has 0 fully saturated rings. The second kappa shape index (κ2) is 9.20. The minimum atomic E-state index is -0.867.